The Morgan fingerprint density at radius 1 is 1.08 bits per heavy atom. The van der Waals surface area contributed by atoms with Crippen molar-refractivity contribution in [3.8, 4) is 0 Å². The zero-order chi connectivity index (χ0) is 25.9. The minimum atomic E-state index is -3.82. The molecule has 0 aromatic heterocycles. The molecule has 2 fully saturated rings. The number of anilines is 1. The minimum Gasteiger partial charge on any atom is -0.355 e. The molecular formula is C26H39BrN4O4S. The van der Waals surface area contributed by atoms with Gasteiger partial charge >= 0.3 is 0 Å². The number of carbonyl (C=O) groups excluding carboxylic acids is 2. The zero-order valence-corrected chi connectivity index (χ0v) is 23.9. The summed E-state index contributed by atoms with van der Waals surface area (Å²) in [6, 6.07) is 4.05. The molecule has 200 valence electrons. The monoisotopic (exact) mass is 582 g/mol. The molecule has 1 aromatic rings. The third-order valence-corrected chi connectivity index (χ3v) is 10.7. The van der Waals surface area contributed by atoms with Gasteiger partial charge in [0.25, 0.3) is 0 Å². The quantitative estimate of drug-likeness (QED) is 0.506. The lowest BCUT2D eigenvalue weighted by Gasteiger charge is -2.35. The number of sulfonamides is 1. The van der Waals surface area contributed by atoms with Crippen molar-refractivity contribution in [1.29, 1.82) is 0 Å². The van der Waals surface area contributed by atoms with Crippen molar-refractivity contribution in [1.82, 2.24) is 14.5 Å². The van der Waals surface area contributed by atoms with Crippen LogP contribution in [0, 0.1) is 5.92 Å². The largest absolute Gasteiger partial charge is 0.355 e. The highest BCUT2D eigenvalue weighted by atomic mass is 79.9. The number of amides is 2. The first-order valence-corrected chi connectivity index (χ1v) is 15.6. The van der Waals surface area contributed by atoms with E-state index in [1.807, 2.05) is 13.0 Å². The standard InChI is InChI=1S/C26H39BrN4O4S/c1-3-21-9-5-6-12-29(21)15-11-28-26(33)20-8-7-13-30(18-20)36(34,35)24-17-23-19(16-22(24)27)10-14-31(23)25(32)4-2/h16-17,20-21H,3-15,18H2,1-2H3,(H,28,33)/t20-,21+/m0/s1. The Balaban J connectivity index is 1.41. The number of carbonyl (C=O) groups is 2. The summed E-state index contributed by atoms with van der Waals surface area (Å²) in [7, 11) is -3.82. The summed E-state index contributed by atoms with van der Waals surface area (Å²) in [5, 5.41) is 3.07. The maximum absolute atomic E-state index is 13.7. The molecule has 10 heteroatoms. The smallest absolute Gasteiger partial charge is 0.244 e. The van der Waals surface area contributed by atoms with E-state index >= 15 is 0 Å². The van der Waals surface area contributed by atoms with Crippen LogP contribution in [0.4, 0.5) is 5.69 Å². The maximum atomic E-state index is 13.7. The molecule has 0 bridgehead atoms. The topological polar surface area (TPSA) is 90.0 Å². The van der Waals surface area contributed by atoms with Gasteiger partial charge in [-0.25, -0.2) is 8.42 Å². The van der Waals surface area contributed by atoms with E-state index in [1.165, 1.54) is 23.6 Å². The highest BCUT2D eigenvalue weighted by molar-refractivity contribution is 9.10. The molecule has 2 amide bonds. The van der Waals surface area contributed by atoms with E-state index < -0.39 is 10.0 Å². The van der Waals surface area contributed by atoms with E-state index in [0.717, 1.165) is 25.1 Å². The molecule has 8 nitrogen and oxygen atoms in total. The molecule has 2 atom stereocenters. The normalized spacial score (nSPS) is 23.5. The Bertz CT molecular complexity index is 1080. The SMILES string of the molecule is CCC(=O)N1CCc2cc(Br)c(S(=O)(=O)N3CCC[C@H](C(=O)NCCN4CCCC[C@H]4CC)C3)cc21. The van der Waals surface area contributed by atoms with Gasteiger partial charge in [-0.05, 0) is 78.7 Å². The second-order valence-electron chi connectivity index (χ2n) is 10.1. The number of likely N-dealkylation sites (tertiary alicyclic amines) is 1. The van der Waals surface area contributed by atoms with Gasteiger partial charge in [-0.2, -0.15) is 4.31 Å². The molecule has 0 spiro atoms. The fourth-order valence-electron chi connectivity index (χ4n) is 5.83. The average Bonchev–Trinajstić information content (AvgIpc) is 3.30. The van der Waals surface area contributed by atoms with Gasteiger partial charge < -0.3 is 10.2 Å². The number of rotatable bonds is 8. The van der Waals surface area contributed by atoms with Crippen molar-refractivity contribution in [2.24, 2.45) is 5.92 Å². The summed E-state index contributed by atoms with van der Waals surface area (Å²) in [4.78, 5) is 29.7. The molecule has 1 aromatic carbocycles. The Kier molecular flexibility index (Phi) is 9.12. The number of nitrogens with zero attached hydrogens (tertiary/aromatic N) is 3. The van der Waals surface area contributed by atoms with Gasteiger partial charge in [-0.3, -0.25) is 14.5 Å². The van der Waals surface area contributed by atoms with Crippen LogP contribution in [0.25, 0.3) is 0 Å². The second-order valence-corrected chi connectivity index (χ2v) is 12.9. The molecule has 3 aliphatic rings. The summed E-state index contributed by atoms with van der Waals surface area (Å²) >= 11 is 3.46. The molecule has 0 aliphatic carbocycles. The van der Waals surface area contributed by atoms with Crippen LogP contribution < -0.4 is 10.2 Å². The van der Waals surface area contributed by atoms with E-state index in [-0.39, 0.29) is 29.2 Å². The lowest BCUT2D eigenvalue weighted by Crippen LogP contribution is -2.48. The van der Waals surface area contributed by atoms with Crippen LogP contribution in [0.5, 0.6) is 0 Å². The number of piperidine rings is 2. The maximum Gasteiger partial charge on any atom is 0.244 e. The van der Waals surface area contributed by atoms with E-state index in [2.05, 4.69) is 33.1 Å². The van der Waals surface area contributed by atoms with Gasteiger partial charge in [-0.15, -0.1) is 0 Å². The molecule has 3 heterocycles. The van der Waals surface area contributed by atoms with Crippen LogP contribution in [0.3, 0.4) is 0 Å². The van der Waals surface area contributed by atoms with Crippen LogP contribution in [0.15, 0.2) is 21.5 Å². The lowest BCUT2D eigenvalue weighted by molar-refractivity contribution is -0.126. The summed E-state index contributed by atoms with van der Waals surface area (Å²) in [6.07, 6.45) is 7.26. The van der Waals surface area contributed by atoms with Crippen molar-refractivity contribution >= 4 is 43.5 Å². The summed E-state index contributed by atoms with van der Waals surface area (Å²) < 4.78 is 29.3. The highest BCUT2D eigenvalue weighted by Gasteiger charge is 2.36. The van der Waals surface area contributed by atoms with E-state index in [9.17, 15) is 18.0 Å². The molecule has 4 rings (SSSR count). The summed E-state index contributed by atoms with van der Waals surface area (Å²) in [6.45, 7) is 7.68. The first-order chi connectivity index (χ1) is 17.3. The average molecular weight is 584 g/mol. The summed E-state index contributed by atoms with van der Waals surface area (Å²) in [5.41, 5.74) is 1.65. The first kappa shape index (κ1) is 27.5. The molecule has 0 unspecified atom stereocenters. The fraction of sp³-hybridized carbons (Fsp3) is 0.692. The zero-order valence-electron chi connectivity index (χ0n) is 21.5. The van der Waals surface area contributed by atoms with Crippen LogP contribution in [0.1, 0.15) is 64.4 Å². The van der Waals surface area contributed by atoms with E-state index in [1.54, 1.807) is 11.0 Å². The third kappa shape index (κ3) is 5.81. The van der Waals surface area contributed by atoms with Crippen LogP contribution in [-0.2, 0) is 26.0 Å². The Hall–Kier alpha value is -1.49. The van der Waals surface area contributed by atoms with Crippen molar-refractivity contribution in [3.05, 3.63) is 22.2 Å². The van der Waals surface area contributed by atoms with Gasteiger partial charge in [0.15, 0.2) is 0 Å². The van der Waals surface area contributed by atoms with Gasteiger partial charge in [0.1, 0.15) is 0 Å². The second kappa shape index (κ2) is 11.9. The number of hydrogen-bond acceptors (Lipinski definition) is 5. The number of benzene rings is 1. The molecule has 36 heavy (non-hydrogen) atoms. The molecule has 2 saturated heterocycles. The van der Waals surface area contributed by atoms with Crippen molar-refractivity contribution in [3.63, 3.8) is 0 Å². The number of nitrogens with one attached hydrogen (secondary N) is 1. The van der Waals surface area contributed by atoms with Gasteiger partial charge in [0.2, 0.25) is 21.8 Å². The van der Waals surface area contributed by atoms with E-state index in [4.69, 9.17) is 0 Å². The predicted molar refractivity (Wildman–Crippen MR) is 144 cm³/mol. The van der Waals surface area contributed by atoms with Gasteiger partial charge in [-0.1, -0.05) is 20.3 Å². The number of hydrogen-bond donors (Lipinski definition) is 1. The molecule has 3 aliphatic heterocycles. The van der Waals surface area contributed by atoms with Crippen LogP contribution in [-0.4, -0.2) is 74.7 Å². The van der Waals surface area contributed by atoms with Crippen LogP contribution >= 0.6 is 15.9 Å². The van der Waals surface area contributed by atoms with Crippen molar-refractivity contribution in [2.45, 2.75) is 76.2 Å². The summed E-state index contributed by atoms with van der Waals surface area (Å²) in [5.74, 6) is -0.431. The third-order valence-electron chi connectivity index (χ3n) is 7.92. The fourth-order valence-corrected chi connectivity index (χ4v) is 8.43. The molecule has 0 radical (unpaired) electrons. The molecule has 1 N–H and O–H groups in total. The molecular weight excluding hydrogens is 544 g/mol. The lowest BCUT2D eigenvalue weighted by atomic mass is 9.98. The number of halogens is 1. The first-order valence-electron chi connectivity index (χ1n) is 13.4. The predicted octanol–water partition coefficient (Wildman–Crippen LogP) is 3.53. The van der Waals surface area contributed by atoms with Gasteiger partial charge in [0, 0.05) is 55.3 Å². The Morgan fingerprint density at radius 3 is 2.64 bits per heavy atom. The minimum absolute atomic E-state index is 0.0102. The van der Waals surface area contributed by atoms with E-state index in [0.29, 0.717) is 61.5 Å². The van der Waals surface area contributed by atoms with Gasteiger partial charge in [0.05, 0.1) is 10.8 Å². The Labute approximate surface area is 223 Å². The van der Waals surface area contributed by atoms with Crippen molar-refractivity contribution < 1.29 is 18.0 Å². The molecule has 0 saturated carbocycles. The van der Waals surface area contributed by atoms with Crippen molar-refractivity contribution in [2.75, 3.05) is 44.2 Å². The van der Waals surface area contributed by atoms with Crippen LogP contribution in [0.2, 0.25) is 0 Å². The number of fused-ring (bicyclic) bond motifs is 1. The highest BCUT2D eigenvalue weighted by Crippen LogP contribution is 2.37. The Morgan fingerprint density at radius 2 is 1.89 bits per heavy atom.